The topological polar surface area (TPSA) is 71.5 Å². The quantitative estimate of drug-likeness (QED) is 0.175. The summed E-state index contributed by atoms with van der Waals surface area (Å²) < 4.78 is 139. The van der Waals surface area contributed by atoms with E-state index in [9.17, 15) is 43.2 Å². The molecule has 0 heterocycles. The van der Waals surface area contributed by atoms with Gasteiger partial charge in [-0.05, 0) is 0 Å². The van der Waals surface area contributed by atoms with Gasteiger partial charge in [-0.2, -0.15) is 0 Å². The molecule has 3 aromatic rings. The van der Waals surface area contributed by atoms with E-state index in [0.29, 0.717) is 0 Å². The monoisotopic (exact) mass is 701 g/mol. The summed E-state index contributed by atoms with van der Waals surface area (Å²) in [4.78, 5) is 0. The summed E-state index contributed by atoms with van der Waals surface area (Å²) in [6.07, 6.45) is -0.862. The number of hydrogen-bond acceptors (Lipinski definition) is 4. The van der Waals surface area contributed by atoms with E-state index in [4.69, 9.17) is 34.8 Å². The molecular weight excluding hydrogens is 682 g/mol. The molecule has 0 bridgehead atoms. The molecule has 0 saturated carbocycles. The normalized spacial score (nSPS) is 14.6. The van der Waals surface area contributed by atoms with Crippen LogP contribution in [0.25, 0.3) is 0 Å². The van der Waals surface area contributed by atoms with Gasteiger partial charge in [0.05, 0.1) is 0 Å². The van der Waals surface area contributed by atoms with E-state index in [1.807, 2.05) is 0 Å². The Morgan fingerprint density at radius 1 is 0.610 bits per heavy atom. The van der Waals surface area contributed by atoms with E-state index in [1.165, 1.54) is 0 Å². The van der Waals surface area contributed by atoms with E-state index < -0.39 is 63.4 Å². The van der Waals surface area contributed by atoms with E-state index in [-0.39, 0.29) is 27.9 Å². The second-order valence-electron chi connectivity index (χ2n) is 8.84. The van der Waals surface area contributed by atoms with Gasteiger partial charge in [0, 0.05) is 0 Å². The van der Waals surface area contributed by atoms with Gasteiger partial charge in [0.15, 0.2) is 0 Å². The molecule has 3 rings (SSSR count). The Morgan fingerprint density at radius 3 is 1.10 bits per heavy atom. The SMILES string of the molecule is CCCCP(c1ccc(Cl)cc1)(c1ccc(Cl)cc1)(c1ccc(Cl)cc1)N(S(=O)(=O)C(F)(F)F)S(=O)(=O)C(F)(F)F. The Balaban J connectivity index is 2.93. The van der Waals surface area contributed by atoms with Crippen molar-refractivity contribution in [1.29, 1.82) is 0 Å². The first-order valence-electron chi connectivity index (χ1n) is 11.5. The fourth-order valence-electron chi connectivity index (χ4n) is 4.73. The van der Waals surface area contributed by atoms with Gasteiger partial charge in [-0.25, -0.2) is 0 Å². The molecule has 41 heavy (non-hydrogen) atoms. The van der Waals surface area contributed by atoms with Crippen LogP contribution in [0.15, 0.2) is 72.8 Å². The van der Waals surface area contributed by atoms with E-state index in [2.05, 4.69) is 0 Å². The first-order valence-corrected chi connectivity index (χ1v) is 17.9. The summed E-state index contributed by atoms with van der Waals surface area (Å²) >= 11 is 18.1. The van der Waals surface area contributed by atoms with Gasteiger partial charge in [0.1, 0.15) is 0 Å². The Morgan fingerprint density at radius 2 is 0.878 bits per heavy atom. The van der Waals surface area contributed by atoms with Crippen molar-refractivity contribution in [3.05, 3.63) is 87.9 Å². The number of hydrogen-bond donors (Lipinski definition) is 0. The van der Waals surface area contributed by atoms with Gasteiger partial charge in [-0.15, -0.1) is 0 Å². The van der Waals surface area contributed by atoms with E-state index >= 15 is 0 Å². The molecule has 0 atom stereocenters. The predicted octanol–water partition coefficient (Wildman–Crippen LogP) is 7.19. The van der Waals surface area contributed by atoms with Crippen LogP contribution in [0.3, 0.4) is 0 Å². The number of unbranched alkanes of at least 4 members (excludes halogenated alkanes) is 1. The fraction of sp³-hybridized carbons (Fsp3) is 0.250. The molecule has 0 spiro atoms. The summed E-state index contributed by atoms with van der Waals surface area (Å²) in [5.41, 5.74) is -13.0. The molecule has 0 aliphatic carbocycles. The van der Waals surface area contributed by atoms with Gasteiger partial charge in [0.2, 0.25) is 0 Å². The third kappa shape index (κ3) is 5.47. The third-order valence-corrected chi connectivity index (χ3v) is 20.0. The summed E-state index contributed by atoms with van der Waals surface area (Å²) in [6, 6.07) is 12.9. The van der Waals surface area contributed by atoms with Gasteiger partial charge < -0.3 is 0 Å². The molecule has 17 heteroatoms. The van der Waals surface area contributed by atoms with Crippen LogP contribution >= 0.6 is 41.6 Å². The molecule has 0 radical (unpaired) electrons. The van der Waals surface area contributed by atoms with Crippen molar-refractivity contribution < 1.29 is 43.2 Å². The fourth-order valence-corrected chi connectivity index (χ4v) is 19.2. The van der Waals surface area contributed by atoms with Crippen molar-refractivity contribution in [2.45, 2.75) is 30.8 Å². The van der Waals surface area contributed by atoms with Crippen molar-refractivity contribution in [3.63, 3.8) is 0 Å². The zero-order chi connectivity index (χ0) is 31.1. The number of rotatable bonds is 9. The first-order chi connectivity index (χ1) is 18.8. The summed E-state index contributed by atoms with van der Waals surface area (Å²) in [5, 5.41) is -1.34. The molecule has 0 saturated heterocycles. The minimum absolute atomic E-state index is 0.00280. The van der Waals surface area contributed by atoms with Crippen LogP contribution in [0.2, 0.25) is 15.1 Å². The standard InChI is InChI=1S/C24H21Cl3F6NO4PS2/c1-2-3-16-39(20-10-4-17(25)5-11-20,21-12-6-18(26)7-13-21,22-14-8-19(27)9-15-22)34(40(35,36)23(28,29)30)41(37,38)24(31,32)33/h4-15H,2-3,16H2,1H3. The zero-order valence-electron chi connectivity index (χ0n) is 20.8. The van der Waals surface area contributed by atoms with Crippen LogP contribution in [0.4, 0.5) is 26.3 Å². The van der Waals surface area contributed by atoms with Crippen LogP contribution < -0.4 is 15.9 Å². The molecular formula is C24H21Cl3F6NO4PS2. The summed E-state index contributed by atoms with van der Waals surface area (Å²) in [5.74, 6) is 0. The van der Waals surface area contributed by atoms with Crippen molar-refractivity contribution in [1.82, 2.24) is 3.48 Å². The van der Waals surface area contributed by atoms with Crippen LogP contribution in [-0.2, 0) is 20.0 Å². The molecule has 3 aromatic carbocycles. The number of alkyl halides is 6. The van der Waals surface area contributed by atoms with Crippen LogP contribution in [0, 0.1) is 0 Å². The minimum atomic E-state index is -7.32. The van der Waals surface area contributed by atoms with Gasteiger partial charge in [0.25, 0.3) is 0 Å². The van der Waals surface area contributed by atoms with Crippen LogP contribution in [-0.4, -0.2) is 37.5 Å². The van der Waals surface area contributed by atoms with E-state index in [0.717, 1.165) is 72.8 Å². The number of halogens is 9. The molecule has 0 N–H and O–H groups in total. The van der Waals surface area contributed by atoms with Gasteiger partial charge >= 0.3 is 249 Å². The molecule has 0 amide bonds. The molecule has 0 aromatic heterocycles. The Labute approximate surface area is 248 Å². The average Bonchev–Trinajstić information content (AvgIpc) is 2.86. The maximum absolute atomic E-state index is 14.5. The Bertz CT molecular complexity index is 1460. The molecule has 5 nitrogen and oxygen atoms in total. The van der Waals surface area contributed by atoms with Crippen molar-refractivity contribution in [2.24, 2.45) is 0 Å². The van der Waals surface area contributed by atoms with Crippen molar-refractivity contribution in [2.75, 3.05) is 6.16 Å². The second kappa shape index (κ2) is 11.5. The number of benzene rings is 3. The Kier molecular flexibility index (Phi) is 9.49. The number of sulfonamides is 2. The summed E-state index contributed by atoms with van der Waals surface area (Å²) in [7, 11) is -14.6. The molecule has 0 aliphatic heterocycles. The van der Waals surface area contributed by atoms with Gasteiger partial charge in [-0.1, -0.05) is 0 Å². The molecule has 226 valence electrons. The van der Waals surface area contributed by atoms with Crippen molar-refractivity contribution in [3.8, 4) is 0 Å². The zero-order valence-corrected chi connectivity index (χ0v) is 25.6. The third-order valence-electron chi connectivity index (χ3n) is 6.45. The Hall–Kier alpha value is -1.60. The average molecular weight is 703 g/mol. The van der Waals surface area contributed by atoms with Crippen molar-refractivity contribution >= 4 is 77.5 Å². The van der Waals surface area contributed by atoms with E-state index in [1.54, 1.807) is 6.92 Å². The first kappa shape index (κ1) is 33.9. The molecule has 0 aliphatic rings. The molecule has 0 fully saturated rings. The number of nitrogens with zero attached hydrogens (tertiary/aromatic N) is 1. The van der Waals surface area contributed by atoms with Gasteiger partial charge in [-0.3, -0.25) is 0 Å². The maximum atomic E-state index is 14.5. The van der Waals surface area contributed by atoms with Crippen LogP contribution in [0.5, 0.6) is 0 Å². The second-order valence-corrected chi connectivity index (χ2v) is 19.4. The molecule has 0 unspecified atom stereocenters. The summed E-state index contributed by atoms with van der Waals surface area (Å²) in [6.45, 7) is -4.64. The predicted molar refractivity (Wildman–Crippen MR) is 152 cm³/mol. The van der Waals surface area contributed by atoms with Crippen LogP contribution in [0.1, 0.15) is 19.8 Å².